The summed E-state index contributed by atoms with van der Waals surface area (Å²) in [6.07, 6.45) is 1.67. The van der Waals surface area contributed by atoms with Crippen molar-refractivity contribution in [3.63, 3.8) is 0 Å². The normalized spacial score (nSPS) is 10.8. The Balaban J connectivity index is 1.99. The van der Waals surface area contributed by atoms with Gasteiger partial charge in [-0.05, 0) is 31.5 Å². The van der Waals surface area contributed by atoms with Crippen LogP contribution >= 0.6 is 11.3 Å². The second-order valence-electron chi connectivity index (χ2n) is 4.14. The maximum Gasteiger partial charge on any atom is 0.337 e. The summed E-state index contributed by atoms with van der Waals surface area (Å²) < 4.78 is 4.64. The van der Waals surface area contributed by atoms with Crippen molar-refractivity contribution >= 4 is 28.7 Å². The molecule has 0 aliphatic rings. The Kier molecular flexibility index (Phi) is 4.47. The molecule has 0 amide bonds. The van der Waals surface area contributed by atoms with Crippen LogP contribution in [0.5, 0.6) is 0 Å². The van der Waals surface area contributed by atoms with Crippen LogP contribution in [0.1, 0.15) is 26.5 Å². The smallest absolute Gasteiger partial charge is 0.337 e. The van der Waals surface area contributed by atoms with Gasteiger partial charge in [-0.2, -0.15) is 5.10 Å². The number of ether oxygens (including phenoxy) is 1. The van der Waals surface area contributed by atoms with Crippen LogP contribution in [0.4, 0.5) is 5.13 Å². The topological polar surface area (TPSA) is 63.6 Å². The lowest BCUT2D eigenvalue weighted by Gasteiger charge is -1.99. The zero-order valence-electron chi connectivity index (χ0n) is 11.5. The van der Waals surface area contributed by atoms with Gasteiger partial charge >= 0.3 is 5.97 Å². The number of rotatable bonds is 4. The highest BCUT2D eigenvalue weighted by Crippen LogP contribution is 2.20. The van der Waals surface area contributed by atoms with E-state index in [1.165, 1.54) is 12.0 Å². The average Bonchev–Trinajstić information content (AvgIpc) is 2.77. The molecule has 0 fully saturated rings. The molecule has 20 heavy (non-hydrogen) atoms. The average molecular weight is 289 g/mol. The molecule has 6 heteroatoms. The number of hydrogen-bond acceptors (Lipinski definition) is 6. The number of carbonyl (C=O) groups excluding carboxylic acids is 1. The Morgan fingerprint density at radius 2 is 2.05 bits per heavy atom. The summed E-state index contributed by atoms with van der Waals surface area (Å²) in [5.41, 5.74) is 5.30. The maximum atomic E-state index is 11.3. The number of hydrogen-bond donors (Lipinski definition) is 1. The first-order chi connectivity index (χ1) is 9.60. The van der Waals surface area contributed by atoms with E-state index in [0.717, 1.165) is 16.4 Å². The first kappa shape index (κ1) is 14.2. The minimum atomic E-state index is -0.347. The number of aromatic nitrogens is 1. The van der Waals surface area contributed by atoms with E-state index in [9.17, 15) is 4.79 Å². The largest absolute Gasteiger partial charge is 0.465 e. The number of thiazole rings is 1. The standard InChI is InChI=1S/C14H15N3O2S/c1-9-10(2)20-14(16-9)17-15-8-11-4-6-12(7-5-11)13(18)19-3/h4-8H,1-3H3,(H,16,17)/b15-8+. The molecule has 0 atom stereocenters. The molecule has 1 aromatic heterocycles. The van der Waals surface area contributed by atoms with Crippen LogP contribution in [0.25, 0.3) is 0 Å². The fourth-order valence-corrected chi connectivity index (χ4v) is 2.27. The van der Waals surface area contributed by atoms with E-state index in [4.69, 9.17) is 0 Å². The lowest BCUT2D eigenvalue weighted by atomic mass is 10.1. The SMILES string of the molecule is COC(=O)c1ccc(/C=N/Nc2nc(C)c(C)s2)cc1. The third-order valence-electron chi connectivity index (χ3n) is 2.73. The van der Waals surface area contributed by atoms with Crippen molar-refractivity contribution in [2.45, 2.75) is 13.8 Å². The van der Waals surface area contributed by atoms with Crippen molar-refractivity contribution in [1.29, 1.82) is 0 Å². The van der Waals surface area contributed by atoms with Crippen LogP contribution < -0.4 is 5.43 Å². The number of methoxy groups -OCH3 is 1. The molecule has 1 heterocycles. The van der Waals surface area contributed by atoms with Crippen LogP contribution in [0.15, 0.2) is 29.4 Å². The van der Waals surface area contributed by atoms with Gasteiger partial charge in [-0.15, -0.1) is 11.3 Å². The first-order valence-electron chi connectivity index (χ1n) is 6.01. The van der Waals surface area contributed by atoms with Gasteiger partial charge in [0, 0.05) is 4.88 Å². The van der Waals surface area contributed by atoms with E-state index >= 15 is 0 Å². The molecule has 0 saturated carbocycles. The van der Waals surface area contributed by atoms with Crippen molar-refractivity contribution in [2.24, 2.45) is 5.10 Å². The van der Waals surface area contributed by atoms with Crippen molar-refractivity contribution in [1.82, 2.24) is 4.98 Å². The van der Waals surface area contributed by atoms with Gasteiger partial charge in [0.15, 0.2) is 0 Å². The molecular formula is C14H15N3O2S. The number of anilines is 1. The molecule has 5 nitrogen and oxygen atoms in total. The zero-order valence-corrected chi connectivity index (χ0v) is 12.3. The lowest BCUT2D eigenvalue weighted by molar-refractivity contribution is 0.0601. The highest BCUT2D eigenvalue weighted by atomic mass is 32.1. The highest BCUT2D eigenvalue weighted by molar-refractivity contribution is 7.15. The summed E-state index contributed by atoms with van der Waals surface area (Å²) in [4.78, 5) is 16.8. The van der Waals surface area contributed by atoms with E-state index < -0.39 is 0 Å². The van der Waals surface area contributed by atoms with E-state index in [1.807, 2.05) is 13.8 Å². The summed E-state index contributed by atoms with van der Waals surface area (Å²) in [6.45, 7) is 3.99. The minimum absolute atomic E-state index is 0.347. The number of aryl methyl sites for hydroxylation is 2. The molecule has 2 aromatic rings. The van der Waals surface area contributed by atoms with Crippen molar-refractivity contribution in [2.75, 3.05) is 12.5 Å². The van der Waals surface area contributed by atoms with E-state index in [1.54, 1.807) is 41.8 Å². The third kappa shape index (κ3) is 3.42. The second kappa shape index (κ2) is 6.29. The van der Waals surface area contributed by atoms with Crippen LogP contribution in [-0.2, 0) is 4.74 Å². The Morgan fingerprint density at radius 1 is 1.35 bits per heavy atom. The molecule has 0 saturated heterocycles. The maximum absolute atomic E-state index is 11.3. The zero-order chi connectivity index (χ0) is 14.5. The Bertz CT molecular complexity index is 613. The number of nitrogens with one attached hydrogen (secondary N) is 1. The Hall–Kier alpha value is -2.21. The molecule has 104 valence electrons. The number of carbonyl (C=O) groups is 1. The van der Waals surface area contributed by atoms with Crippen LogP contribution in [0.2, 0.25) is 0 Å². The molecule has 0 aliphatic heterocycles. The van der Waals surface area contributed by atoms with Crippen molar-refractivity contribution < 1.29 is 9.53 Å². The number of benzene rings is 1. The van der Waals surface area contributed by atoms with Gasteiger partial charge in [0.1, 0.15) is 0 Å². The molecular weight excluding hydrogens is 274 g/mol. The molecule has 0 unspecified atom stereocenters. The van der Waals surface area contributed by atoms with Crippen molar-refractivity contribution in [3.8, 4) is 0 Å². The van der Waals surface area contributed by atoms with Crippen LogP contribution in [-0.4, -0.2) is 24.3 Å². The second-order valence-corrected chi connectivity index (χ2v) is 5.35. The van der Waals surface area contributed by atoms with Gasteiger partial charge in [0.05, 0.1) is 24.6 Å². The van der Waals surface area contributed by atoms with Gasteiger partial charge in [0.2, 0.25) is 5.13 Å². The minimum Gasteiger partial charge on any atom is -0.465 e. The van der Waals surface area contributed by atoms with Crippen molar-refractivity contribution in [3.05, 3.63) is 46.0 Å². The summed E-state index contributed by atoms with van der Waals surface area (Å²) in [6, 6.07) is 7.00. The summed E-state index contributed by atoms with van der Waals surface area (Å²) in [5.74, 6) is -0.347. The molecule has 2 rings (SSSR count). The first-order valence-corrected chi connectivity index (χ1v) is 6.83. The van der Waals surface area contributed by atoms with Gasteiger partial charge < -0.3 is 4.74 Å². The van der Waals surface area contributed by atoms with Crippen LogP contribution in [0, 0.1) is 13.8 Å². The van der Waals surface area contributed by atoms with E-state index in [0.29, 0.717) is 5.56 Å². The van der Waals surface area contributed by atoms with Gasteiger partial charge in [-0.25, -0.2) is 9.78 Å². The third-order valence-corrected chi connectivity index (χ3v) is 3.71. The summed E-state index contributed by atoms with van der Waals surface area (Å²) >= 11 is 1.56. The Labute approximate surface area is 121 Å². The van der Waals surface area contributed by atoms with E-state index in [-0.39, 0.29) is 5.97 Å². The van der Waals surface area contributed by atoms with Gasteiger partial charge in [-0.1, -0.05) is 12.1 Å². The summed E-state index contributed by atoms with van der Waals surface area (Å²) in [5, 5.41) is 4.88. The molecule has 1 aromatic carbocycles. The fraction of sp³-hybridized carbons (Fsp3) is 0.214. The van der Waals surface area contributed by atoms with E-state index in [2.05, 4.69) is 20.2 Å². The molecule has 0 spiro atoms. The predicted octanol–water partition coefficient (Wildman–Crippen LogP) is 2.99. The summed E-state index contributed by atoms with van der Waals surface area (Å²) in [7, 11) is 1.36. The van der Waals surface area contributed by atoms with Gasteiger partial charge in [0.25, 0.3) is 0 Å². The monoisotopic (exact) mass is 289 g/mol. The lowest BCUT2D eigenvalue weighted by Crippen LogP contribution is -2.00. The van der Waals surface area contributed by atoms with Crippen LogP contribution in [0.3, 0.4) is 0 Å². The molecule has 0 radical (unpaired) electrons. The number of esters is 1. The highest BCUT2D eigenvalue weighted by Gasteiger charge is 2.03. The number of hydrazone groups is 1. The molecule has 1 N–H and O–H groups in total. The Morgan fingerprint density at radius 3 is 2.60 bits per heavy atom. The molecule has 0 aliphatic carbocycles. The predicted molar refractivity (Wildman–Crippen MR) is 80.6 cm³/mol. The quantitative estimate of drug-likeness (QED) is 0.534. The van der Waals surface area contributed by atoms with Gasteiger partial charge in [-0.3, -0.25) is 5.43 Å². The molecule has 0 bridgehead atoms. The fourth-order valence-electron chi connectivity index (χ4n) is 1.51. The number of nitrogens with zero attached hydrogens (tertiary/aromatic N) is 2.